The van der Waals surface area contributed by atoms with Crippen LogP contribution in [0.1, 0.15) is 30.2 Å². The molecule has 0 radical (unpaired) electrons. The molecule has 0 saturated carbocycles. The number of aromatic nitrogens is 4. The van der Waals surface area contributed by atoms with E-state index in [-0.39, 0.29) is 23.3 Å². The number of piperidine rings is 1. The second-order valence-corrected chi connectivity index (χ2v) is 8.02. The minimum absolute atomic E-state index is 0.0421. The van der Waals surface area contributed by atoms with E-state index >= 15 is 0 Å². The average Bonchev–Trinajstić information content (AvgIpc) is 3.26. The van der Waals surface area contributed by atoms with Gasteiger partial charge in [0.1, 0.15) is 17.9 Å². The summed E-state index contributed by atoms with van der Waals surface area (Å²) in [5, 5.41) is 3.68. The fourth-order valence-electron chi connectivity index (χ4n) is 4.60. The minimum atomic E-state index is -0.0421. The van der Waals surface area contributed by atoms with Gasteiger partial charge < -0.3 is 19.7 Å². The van der Waals surface area contributed by atoms with E-state index in [9.17, 15) is 9.59 Å². The first kappa shape index (κ1) is 18.5. The highest BCUT2D eigenvalue weighted by Gasteiger charge is 2.36. The summed E-state index contributed by atoms with van der Waals surface area (Å²) in [6.07, 6.45) is 4.89. The molecular weight excluding hydrogens is 384 g/mol. The fourth-order valence-corrected chi connectivity index (χ4v) is 4.60. The SMILES string of the molecule is Nc1cc(-c2cc3n(c(=O)c2)C[C@H]2C[C@@H]3CN(C(=O)CCc3ccno3)C2)ncn1. The number of fused-ring (bicyclic) bond motifs is 4. The first-order chi connectivity index (χ1) is 14.6. The summed E-state index contributed by atoms with van der Waals surface area (Å²) in [6, 6.07) is 7.05. The lowest BCUT2D eigenvalue weighted by molar-refractivity contribution is -0.134. The van der Waals surface area contributed by atoms with Gasteiger partial charge in [-0.2, -0.15) is 0 Å². The molecule has 2 N–H and O–H groups in total. The van der Waals surface area contributed by atoms with Crippen LogP contribution in [0.2, 0.25) is 0 Å². The van der Waals surface area contributed by atoms with Crippen molar-refractivity contribution in [2.24, 2.45) is 5.92 Å². The first-order valence-electron chi connectivity index (χ1n) is 10.1. The fraction of sp³-hybridized carbons (Fsp3) is 0.381. The van der Waals surface area contributed by atoms with Crippen LogP contribution in [0.3, 0.4) is 0 Å². The Morgan fingerprint density at radius 3 is 2.90 bits per heavy atom. The van der Waals surface area contributed by atoms with Gasteiger partial charge in [0.15, 0.2) is 0 Å². The molecule has 0 unspecified atom stereocenters. The van der Waals surface area contributed by atoms with Crippen LogP contribution in [0.15, 0.2) is 46.1 Å². The summed E-state index contributed by atoms with van der Waals surface area (Å²) in [6.45, 7) is 1.92. The molecule has 2 aliphatic heterocycles. The van der Waals surface area contributed by atoms with Gasteiger partial charge in [-0.1, -0.05) is 5.16 Å². The minimum Gasteiger partial charge on any atom is -0.384 e. The molecule has 9 nitrogen and oxygen atoms in total. The third-order valence-electron chi connectivity index (χ3n) is 5.97. The number of hydrogen-bond donors (Lipinski definition) is 1. The molecule has 3 aromatic rings. The number of nitrogens with zero attached hydrogens (tertiary/aromatic N) is 5. The molecule has 30 heavy (non-hydrogen) atoms. The van der Waals surface area contributed by atoms with Gasteiger partial charge in [0.25, 0.3) is 5.56 Å². The van der Waals surface area contributed by atoms with Crippen LogP contribution in [0.5, 0.6) is 0 Å². The molecule has 0 spiro atoms. The number of anilines is 1. The average molecular weight is 406 g/mol. The summed E-state index contributed by atoms with van der Waals surface area (Å²) in [4.78, 5) is 35.7. The van der Waals surface area contributed by atoms with Crippen LogP contribution in [0, 0.1) is 5.92 Å². The number of hydrogen-bond acceptors (Lipinski definition) is 7. The lowest BCUT2D eigenvalue weighted by atomic mass is 9.82. The number of nitrogen functional groups attached to an aromatic ring is 1. The number of rotatable bonds is 4. The molecule has 5 heterocycles. The van der Waals surface area contributed by atoms with E-state index in [1.54, 1.807) is 24.4 Å². The molecule has 9 heteroatoms. The molecule has 0 aromatic carbocycles. The predicted octanol–water partition coefficient (Wildman–Crippen LogP) is 1.45. The van der Waals surface area contributed by atoms with Gasteiger partial charge in [-0.05, 0) is 18.4 Å². The molecule has 1 saturated heterocycles. The third kappa shape index (κ3) is 3.47. The molecule has 2 aliphatic rings. The molecule has 2 bridgehead atoms. The molecule has 1 fully saturated rings. The summed E-state index contributed by atoms with van der Waals surface area (Å²) < 4.78 is 6.94. The van der Waals surface area contributed by atoms with Crippen molar-refractivity contribution in [2.45, 2.75) is 31.7 Å². The van der Waals surface area contributed by atoms with Crippen LogP contribution >= 0.6 is 0 Å². The molecule has 2 atom stereocenters. The van der Waals surface area contributed by atoms with E-state index in [1.165, 1.54) is 6.33 Å². The molecule has 3 aromatic heterocycles. The van der Waals surface area contributed by atoms with E-state index in [0.29, 0.717) is 49.7 Å². The zero-order valence-electron chi connectivity index (χ0n) is 16.4. The highest BCUT2D eigenvalue weighted by molar-refractivity contribution is 5.76. The van der Waals surface area contributed by atoms with Crippen molar-refractivity contribution >= 4 is 11.7 Å². The Labute approximate surface area is 172 Å². The van der Waals surface area contributed by atoms with Gasteiger partial charge in [-0.25, -0.2) is 9.97 Å². The van der Waals surface area contributed by atoms with E-state index in [4.69, 9.17) is 10.3 Å². The lowest BCUT2D eigenvalue weighted by Gasteiger charge is -2.43. The Morgan fingerprint density at radius 1 is 1.20 bits per heavy atom. The number of pyridine rings is 1. The maximum Gasteiger partial charge on any atom is 0.251 e. The number of aryl methyl sites for hydroxylation is 1. The number of likely N-dealkylation sites (tertiary alicyclic amines) is 1. The Balaban J connectivity index is 1.39. The maximum absolute atomic E-state index is 12.8. The van der Waals surface area contributed by atoms with Gasteiger partial charge in [-0.3, -0.25) is 9.59 Å². The Hall–Kier alpha value is -3.49. The van der Waals surface area contributed by atoms with Crippen molar-refractivity contribution in [1.82, 2.24) is 24.6 Å². The van der Waals surface area contributed by atoms with Gasteiger partial charge in [0.05, 0.1) is 11.9 Å². The topological polar surface area (TPSA) is 120 Å². The number of nitrogens with two attached hydrogens (primary N) is 1. The van der Waals surface area contributed by atoms with E-state index in [2.05, 4.69) is 15.1 Å². The van der Waals surface area contributed by atoms with Crippen molar-refractivity contribution < 1.29 is 9.32 Å². The third-order valence-corrected chi connectivity index (χ3v) is 5.97. The number of amides is 1. The van der Waals surface area contributed by atoms with E-state index < -0.39 is 0 Å². The smallest absolute Gasteiger partial charge is 0.251 e. The predicted molar refractivity (Wildman–Crippen MR) is 108 cm³/mol. The molecular formula is C21H22N6O3. The molecule has 0 aliphatic carbocycles. The van der Waals surface area contributed by atoms with Crippen LogP contribution in [0.4, 0.5) is 5.82 Å². The quantitative estimate of drug-likeness (QED) is 0.696. The van der Waals surface area contributed by atoms with Crippen LogP contribution < -0.4 is 11.3 Å². The largest absolute Gasteiger partial charge is 0.384 e. The summed E-state index contributed by atoms with van der Waals surface area (Å²) >= 11 is 0. The Morgan fingerprint density at radius 2 is 2.10 bits per heavy atom. The van der Waals surface area contributed by atoms with E-state index in [0.717, 1.165) is 17.7 Å². The van der Waals surface area contributed by atoms with Crippen molar-refractivity contribution in [1.29, 1.82) is 0 Å². The number of carbonyl (C=O) groups is 1. The monoisotopic (exact) mass is 406 g/mol. The van der Waals surface area contributed by atoms with Crippen LogP contribution in [-0.2, 0) is 17.8 Å². The normalized spacial score (nSPS) is 20.1. The standard InChI is InChI=1S/C21H22N6O3/c22-19-8-17(23-12-24-19)14-6-18-15-5-13(10-27(18)21(29)7-14)9-26(11-15)20(28)2-1-16-3-4-25-30-16/h3-4,6-8,12-13,15H,1-2,5,9-11H2,(H2,22,23,24)/t13-,15+/m0/s1. The van der Waals surface area contributed by atoms with Crippen molar-refractivity contribution in [3.63, 3.8) is 0 Å². The highest BCUT2D eigenvalue weighted by Crippen LogP contribution is 2.36. The van der Waals surface area contributed by atoms with Gasteiger partial charge in [0.2, 0.25) is 5.91 Å². The Bertz CT molecular complexity index is 1140. The van der Waals surface area contributed by atoms with Crippen molar-refractivity contribution in [3.8, 4) is 11.3 Å². The molecule has 154 valence electrons. The van der Waals surface area contributed by atoms with Crippen molar-refractivity contribution in [2.75, 3.05) is 18.8 Å². The molecule has 1 amide bonds. The van der Waals surface area contributed by atoms with Crippen LogP contribution in [0.25, 0.3) is 11.3 Å². The lowest BCUT2D eigenvalue weighted by Crippen LogP contribution is -2.49. The zero-order valence-corrected chi connectivity index (χ0v) is 16.4. The highest BCUT2D eigenvalue weighted by atomic mass is 16.5. The zero-order chi connectivity index (χ0) is 20.7. The van der Waals surface area contributed by atoms with Crippen molar-refractivity contribution in [3.05, 3.63) is 58.6 Å². The first-order valence-corrected chi connectivity index (χ1v) is 10.1. The Kier molecular flexibility index (Phi) is 4.57. The van der Waals surface area contributed by atoms with Gasteiger partial charge in [-0.15, -0.1) is 0 Å². The summed E-state index contributed by atoms with van der Waals surface area (Å²) in [5.41, 5.74) is 8.05. The second kappa shape index (κ2) is 7.40. The van der Waals surface area contributed by atoms with Crippen LogP contribution in [-0.4, -0.2) is 43.6 Å². The number of carbonyl (C=O) groups excluding carboxylic acids is 1. The van der Waals surface area contributed by atoms with Gasteiger partial charge >= 0.3 is 0 Å². The molecule has 5 rings (SSSR count). The van der Waals surface area contributed by atoms with E-state index in [1.807, 2.05) is 15.5 Å². The van der Waals surface area contributed by atoms with Gasteiger partial charge in [0, 0.05) is 67.9 Å². The second-order valence-electron chi connectivity index (χ2n) is 8.02. The maximum atomic E-state index is 12.8. The summed E-state index contributed by atoms with van der Waals surface area (Å²) in [7, 11) is 0. The summed E-state index contributed by atoms with van der Waals surface area (Å²) in [5.74, 6) is 1.59.